The van der Waals surface area contributed by atoms with Crippen molar-refractivity contribution in [2.75, 3.05) is 6.54 Å². The van der Waals surface area contributed by atoms with E-state index in [-0.39, 0.29) is 18.8 Å². The minimum absolute atomic E-state index is 0.00686. The summed E-state index contributed by atoms with van der Waals surface area (Å²) in [6, 6.07) is -2.64. The molecule has 1 aliphatic heterocycles. The van der Waals surface area contributed by atoms with E-state index in [9.17, 15) is 24.3 Å². The van der Waals surface area contributed by atoms with Crippen LogP contribution in [0, 0.1) is 5.92 Å². The van der Waals surface area contributed by atoms with Gasteiger partial charge in [-0.25, -0.2) is 4.79 Å². The van der Waals surface area contributed by atoms with Crippen LogP contribution in [0.3, 0.4) is 0 Å². The Bertz CT molecular complexity index is 523. The zero-order valence-corrected chi connectivity index (χ0v) is 14.7. The van der Waals surface area contributed by atoms with E-state index in [1.54, 1.807) is 0 Å². The smallest absolute Gasteiger partial charge is 0.326 e. The molecule has 0 bridgehead atoms. The maximum atomic E-state index is 12.5. The van der Waals surface area contributed by atoms with E-state index in [4.69, 9.17) is 11.5 Å². The van der Waals surface area contributed by atoms with Crippen LogP contribution in [-0.2, 0) is 19.2 Å². The molecule has 0 unspecified atom stereocenters. The average Bonchev–Trinajstić information content (AvgIpc) is 3.00. The second-order valence-corrected chi connectivity index (χ2v) is 6.83. The van der Waals surface area contributed by atoms with Gasteiger partial charge < -0.3 is 26.8 Å². The predicted octanol–water partition coefficient (Wildman–Crippen LogP) is -0.814. The van der Waals surface area contributed by atoms with E-state index >= 15 is 0 Å². The third-order valence-corrected chi connectivity index (χ3v) is 4.18. The van der Waals surface area contributed by atoms with Crippen LogP contribution in [0.5, 0.6) is 0 Å². The third-order valence-electron chi connectivity index (χ3n) is 4.18. The number of likely N-dealkylation sites (tertiary alicyclic amines) is 1. The van der Waals surface area contributed by atoms with Gasteiger partial charge in [0.2, 0.25) is 17.7 Å². The Kier molecular flexibility index (Phi) is 7.82. The van der Waals surface area contributed by atoms with Crippen LogP contribution in [0.15, 0.2) is 0 Å². The molecule has 3 amide bonds. The first-order valence-corrected chi connectivity index (χ1v) is 8.51. The number of carboxylic acid groups (broad SMARTS) is 1. The number of amides is 3. The van der Waals surface area contributed by atoms with Crippen LogP contribution in [0.1, 0.15) is 46.0 Å². The Morgan fingerprint density at radius 1 is 1.28 bits per heavy atom. The number of carboxylic acids is 1. The first-order valence-electron chi connectivity index (χ1n) is 8.51. The Morgan fingerprint density at radius 3 is 2.44 bits per heavy atom. The number of carbonyl (C=O) groups excluding carboxylic acids is 3. The topological polar surface area (TPSA) is 156 Å². The van der Waals surface area contributed by atoms with Gasteiger partial charge in [0.15, 0.2) is 0 Å². The molecule has 0 aromatic rings. The largest absolute Gasteiger partial charge is 0.480 e. The zero-order chi connectivity index (χ0) is 19.1. The summed E-state index contributed by atoms with van der Waals surface area (Å²) >= 11 is 0. The zero-order valence-electron chi connectivity index (χ0n) is 14.7. The monoisotopic (exact) mass is 356 g/mol. The fourth-order valence-corrected chi connectivity index (χ4v) is 2.90. The van der Waals surface area contributed by atoms with Gasteiger partial charge in [-0.2, -0.15) is 0 Å². The lowest BCUT2D eigenvalue weighted by molar-refractivity contribution is -0.144. The Hall–Kier alpha value is -2.16. The standard InChI is InChI=1S/C16H28N4O5/c1-9(2)8-11(16(24)25)19-14(22)12-4-3-7-20(12)15(23)10(17)5-6-13(18)21/h9-12H,3-8,17H2,1-2H3,(H2,18,21)(H,19,22)(H,24,25)/t10-,11-,12-/m0/s1. The van der Waals surface area contributed by atoms with Crippen LogP contribution in [0.25, 0.3) is 0 Å². The Labute approximate surface area is 147 Å². The predicted molar refractivity (Wildman–Crippen MR) is 90.2 cm³/mol. The van der Waals surface area contributed by atoms with Crippen molar-refractivity contribution in [3.05, 3.63) is 0 Å². The number of aliphatic carboxylic acids is 1. The van der Waals surface area contributed by atoms with Crippen LogP contribution < -0.4 is 16.8 Å². The fraction of sp³-hybridized carbons (Fsp3) is 0.750. The van der Waals surface area contributed by atoms with Gasteiger partial charge in [0.05, 0.1) is 6.04 Å². The maximum absolute atomic E-state index is 12.5. The summed E-state index contributed by atoms with van der Waals surface area (Å²) in [5.74, 6) is -2.45. The van der Waals surface area contributed by atoms with Gasteiger partial charge in [0, 0.05) is 13.0 Å². The molecule has 0 saturated carbocycles. The average molecular weight is 356 g/mol. The lowest BCUT2D eigenvalue weighted by Crippen LogP contribution is -2.54. The van der Waals surface area contributed by atoms with E-state index in [1.807, 2.05) is 13.8 Å². The van der Waals surface area contributed by atoms with Gasteiger partial charge in [-0.15, -0.1) is 0 Å². The second-order valence-electron chi connectivity index (χ2n) is 6.83. The van der Waals surface area contributed by atoms with Gasteiger partial charge in [-0.3, -0.25) is 14.4 Å². The van der Waals surface area contributed by atoms with E-state index in [0.717, 1.165) is 0 Å². The van der Waals surface area contributed by atoms with E-state index < -0.39 is 41.8 Å². The van der Waals surface area contributed by atoms with Crippen LogP contribution in [0.4, 0.5) is 0 Å². The van der Waals surface area contributed by atoms with Crippen molar-refractivity contribution in [3.8, 4) is 0 Å². The molecule has 9 heteroatoms. The molecule has 9 nitrogen and oxygen atoms in total. The van der Waals surface area contributed by atoms with Crippen molar-refractivity contribution < 1.29 is 24.3 Å². The first-order chi connectivity index (χ1) is 11.6. The van der Waals surface area contributed by atoms with Gasteiger partial charge >= 0.3 is 5.97 Å². The minimum Gasteiger partial charge on any atom is -0.480 e. The molecule has 142 valence electrons. The van der Waals surface area contributed by atoms with Gasteiger partial charge in [-0.05, 0) is 31.6 Å². The van der Waals surface area contributed by atoms with Crippen molar-refractivity contribution in [2.24, 2.45) is 17.4 Å². The summed E-state index contributed by atoms with van der Waals surface area (Å²) in [5.41, 5.74) is 10.9. The number of hydrogen-bond donors (Lipinski definition) is 4. The second kappa shape index (κ2) is 9.36. The van der Waals surface area contributed by atoms with Gasteiger partial charge in [-0.1, -0.05) is 13.8 Å². The number of hydrogen-bond acceptors (Lipinski definition) is 5. The summed E-state index contributed by atoms with van der Waals surface area (Å²) in [5, 5.41) is 11.8. The van der Waals surface area contributed by atoms with Gasteiger partial charge in [0.25, 0.3) is 0 Å². The van der Waals surface area contributed by atoms with Gasteiger partial charge in [0.1, 0.15) is 12.1 Å². The summed E-state index contributed by atoms with van der Waals surface area (Å²) in [6.45, 7) is 4.11. The highest BCUT2D eigenvalue weighted by atomic mass is 16.4. The molecule has 1 aliphatic rings. The SMILES string of the molecule is CC(C)C[C@H](NC(=O)[C@@H]1CCCN1C(=O)[C@@H](N)CCC(N)=O)C(=O)O. The number of primary amides is 1. The summed E-state index contributed by atoms with van der Waals surface area (Å²) < 4.78 is 0. The van der Waals surface area contributed by atoms with Crippen LogP contribution in [0.2, 0.25) is 0 Å². The van der Waals surface area contributed by atoms with E-state index in [0.29, 0.717) is 25.8 Å². The van der Waals surface area contributed by atoms with Crippen LogP contribution >= 0.6 is 0 Å². The highest BCUT2D eigenvalue weighted by molar-refractivity contribution is 5.92. The first kappa shape index (κ1) is 20.9. The van der Waals surface area contributed by atoms with Crippen molar-refractivity contribution >= 4 is 23.7 Å². The molecule has 6 N–H and O–H groups in total. The molecule has 0 radical (unpaired) electrons. The Balaban J connectivity index is 2.72. The third kappa shape index (κ3) is 6.33. The van der Waals surface area contributed by atoms with E-state index in [1.165, 1.54) is 4.90 Å². The summed E-state index contributed by atoms with van der Waals surface area (Å²) in [7, 11) is 0. The maximum Gasteiger partial charge on any atom is 0.326 e. The number of nitrogens with zero attached hydrogens (tertiary/aromatic N) is 1. The molecule has 1 rings (SSSR count). The quantitative estimate of drug-likeness (QED) is 0.423. The highest BCUT2D eigenvalue weighted by Crippen LogP contribution is 2.19. The molecule has 1 fully saturated rings. The lowest BCUT2D eigenvalue weighted by atomic mass is 10.0. The molecular weight excluding hydrogens is 328 g/mol. The summed E-state index contributed by atoms with van der Waals surface area (Å²) in [4.78, 5) is 48.4. The molecule has 0 aromatic carbocycles. The Morgan fingerprint density at radius 2 is 1.92 bits per heavy atom. The summed E-state index contributed by atoms with van der Waals surface area (Å²) in [6.07, 6.45) is 1.50. The van der Waals surface area contributed by atoms with Crippen LogP contribution in [-0.4, -0.2) is 58.4 Å². The number of carbonyl (C=O) groups is 4. The molecule has 0 spiro atoms. The molecular formula is C16H28N4O5. The fourth-order valence-electron chi connectivity index (χ4n) is 2.90. The minimum atomic E-state index is -1.10. The molecule has 1 heterocycles. The van der Waals surface area contributed by atoms with Crippen molar-refractivity contribution in [1.82, 2.24) is 10.2 Å². The van der Waals surface area contributed by atoms with Crippen molar-refractivity contribution in [1.29, 1.82) is 0 Å². The highest BCUT2D eigenvalue weighted by Gasteiger charge is 2.37. The van der Waals surface area contributed by atoms with Crippen molar-refractivity contribution in [3.63, 3.8) is 0 Å². The number of nitrogens with one attached hydrogen (secondary N) is 1. The van der Waals surface area contributed by atoms with Crippen molar-refractivity contribution in [2.45, 2.75) is 64.1 Å². The molecule has 1 saturated heterocycles. The molecule has 0 aliphatic carbocycles. The molecule has 25 heavy (non-hydrogen) atoms. The van der Waals surface area contributed by atoms with E-state index in [2.05, 4.69) is 5.32 Å². The molecule has 3 atom stereocenters. The normalized spacial score (nSPS) is 19.5. The number of nitrogens with two attached hydrogens (primary N) is 2. The number of rotatable bonds is 9. The molecule has 0 aromatic heterocycles. The lowest BCUT2D eigenvalue weighted by Gasteiger charge is -2.28.